The number of fused-ring (bicyclic) bond motifs is 2. The fourth-order valence-corrected chi connectivity index (χ4v) is 4.73. The van der Waals surface area contributed by atoms with Gasteiger partial charge in [-0.3, -0.25) is 9.20 Å². The van der Waals surface area contributed by atoms with Crippen LogP contribution < -0.4 is 9.47 Å². The molecule has 2 aliphatic rings. The molecule has 4 heterocycles. The van der Waals surface area contributed by atoms with Gasteiger partial charge in [-0.15, -0.1) is 0 Å². The first-order chi connectivity index (χ1) is 17.2. The van der Waals surface area contributed by atoms with Gasteiger partial charge in [0.15, 0.2) is 0 Å². The molecule has 0 radical (unpaired) electrons. The lowest BCUT2D eigenvalue weighted by atomic mass is 9.94. The van der Waals surface area contributed by atoms with Gasteiger partial charge in [-0.1, -0.05) is 0 Å². The molecule has 0 bridgehead atoms. The maximum atomic E-state index is 12.9. The third-order valence-electron chi connectivity index (χ3n) is 6.48. The Kier molecular flexibility index (Phi) is 6.52. The van der Waals surface area contributed by atoms with E-state index < -0.39 is 18.6 Å². The number of carbonyl (C=O) groups is 1. The topological polar surface area (TPSA) is 68.5 Å². The van der Waals surface area contributed by atoms with Crippen LogP contribution in [0.15, 0.2) is 36.7 Å². The van der Waals surface area contributed by atoms with E-state index in [4.69, 9.17) is 14.2 Å². The molecule has 1 atom stereocenters. The van der Waals surface area contributed by atoms with Crippen LogP contribution in [0.3, 0.4) is 0 Å². The summed E-state index contributed by atoms with van der Waals surface area (Å²) in [6.45, 7) is 1.56. The van der Waals surface area contributed by atoms with Gasteiger partial charge in [0.2, 0.25) is 0 Å². The first kappa shape index (κ1) is 24.4. The maximum absolute atomic E-state index is 12.9. The Labute approximate surface area is 206 Å². The van der Waals surface area contributed by atoms with Crippen LogP contribution in [0.1, 0.15) is 15.9 Å². The van der Waals surface area contributed by atoms with Crippen molar-refractivity contribution in [2.24, 2.45) is 0 Å². The highest BCUT2D eigenvalue weighted by molar-refractivity contribution is 6.00. The largest absolute Gasteiger partial charge is 0.496 e. The predicted octanol–water partition coefficient (Wildman–Crippen LogP) is 3.28. The molecule has 2 aliphatic heterocycles. The first-order valence-electron chi connectivity index (χ1n) is 11.7. The zero-order valence-corrected chi connectivity index (χ0v) is 20.0. The van der Waals surface area contributed by atoms with Crippen LogP contribution in [-0.2, 0) is 11.2 Å². The molecule has 0 spiro atoms. The maximum Gasteiger partial charge on any atom is 0.406 e. The number of aromatic nitrogens is 2. The Hall–Kier alpha value is -3.31. The van der Waals surface area contributed by atoms with Crippen molar-refractivity contribution in [3.63, 3.8) is 0 Å². The van der Waals surface area contributed by atoms with Gasteiger partial charge in [0, 0.05) is 37.5 Å². The smallest absolute Gasteiger partial charge is 0.406 e. The number of halogens is 3. The average Bonchev–Trinajstić information content (AvgIpc) is 3.26. The van der Waals surface area contributed by atoms with Crippen molar-refractivity contribution in [2.75, 3.05) is 53.6 Å². The third-order valence-corrected chi connectivity index (χ3v) is 6.48. The highest BCUT2D eigenvalue weighted by Gasteiger charge is 2.37. The molecule has 1 aromatic carbocycles. The number of carbonyl (C=O) groups excluding carboxylic acids is 1. The molecule has 192 valence electrons. The number of ether oxygens (including phenoxy) is 3. The molecule has 1 amide bonds. The second-order valence-electron chi connectivity index (χ2n) is 9.10. The molecule has 36 heavy (non-hydrogen) atoms. The van der Waals surface area contributed by atoms with Crippen molar-refractivity contribution in [3.05, 3.63) is 47.8 Å². The monoisotopic (exact) mass is 504 g/mol. The SMILES string of the molecule is COc1cc(-c2cnc3cc(OC[C@H]4CN(C)CCO4)ccn23)cc2c1C(=O)N(CC(F)(F)F)CC2. The molecular formula is C25H27F3N4O4. The minimum atomic E-state index is -4.46. The van der Waals surface area contributed by atoms with Crippen LogP contribution in [-0.4, -0.2) is 90.9 Å². The molecule has 0 saturated carbocycles. The number of imidazole rings is 1. The van der Waals surface area contributed by atoms with E-state index in [0.717, 1.165) is 29.2 Å². The van der Waals surface area contributed by atoms with Crippen LogP contribution in [0.2, 0.25) is 0 Å². The number of likely N-dealkylation sites (N-methyl/N-ethyl adjacent to an activating group) is 1. The molecular weight excluding hydrogens is 477 g/mol. The fraction of sp³-hybridized carbons (Fsp3) is 0.440. The van der Waals surface area contributed by atoms with Crippen LogP contribution in [0, 0.1) is 0 Å². The van der Waals surface area contributed by atoms with Crippen molar-refractivity contribution in [1.29, 1.82) is 0 Å². The number of nitrogens with zero attached hydrogens (tertiary/aromatic N) is 4. The van der Waals surface area contributed by atoms with E-state index in [1.54, 1.807) is 12.3 Å². The van der Waals surface area contributed by atoms with Crippen LogP contribution in [0.25, 0.3) is 16.9 Å². The summed E-state index contributed by atoms with van der Waals surface area (Å²) in [7, 11) is 3.46. The number of benzene rings is 1. The Bertz CT molecular complexity index is 1260. The van der Waals surface area contributed by atoms with Crippen molar-refractivity contribution in [2.45, 2.75) is 18.7 Å². The molecule has 1 saturated heterocycles. The summed E-state index contributed by atoms with van der Waals surface area (Å²) in [5, 5.41) is 0. The van der Waals surface area contributed by atoms with E-state index in [2.05, 4.69) is 16.9 Å². The van der Waals surface area contributed by atoms with Gasteiger partial charge in [0.1, 0.15) is 36.4 Å². The molecule has 1 fully saturated rings. The van der Waals surface area contributed by atoms with E-state index in [1.807, 2.05) is 28.8 Å². The lowest BCUT2D eigenvalue weighted by molar-refractivity contribution is -0.141. The Morgan fingerprint density at radius 1 is 1.22 bits per heavy atom. The molecule has 3 aromatic rings. The lowest BCUT2D eigenvalue weighted by Gasteiger charge is -2.30. The minimum Gasteiger partial charge on any atom is -0.496 e. The molecule has 2 aromatic heterocycles. The van der Waals surface area contributed by atoms with Crippen molar-refractivity contribution in [3.8, 4) is 22.8 Å². The fourth-order valence-electron chi connectivity index (χ4n) is 4.73. The average molecular weight is 505 g/mol. The normalized spacial score (nSPS) is 19.0. The number of pyridine rings is 1. The number of hydrogen-bond acceptors (Lipinski definition) is 6. The van der Waals surface area contributed by atoms with Gasteiger partial charge in [-0.2, -0.15) is 13.2 Å². The van der Waals surface area contributed by atoms with Crippen molar-refractivity contribution in [1.82, 2.24) is 19.2 Å². The number of hydrogen-bond donors (Lipinski definition) is 0. The van der Waals surface area contributed by atoms with Crippen molar-refractivity contribution >= 4 is 11.6 Å². The number of amides is 1. The number of methoxy groups -OCH3 is 1. The predicted molar refractivity (Wildman–Crippen MR) is 126 cm³/mol. The van der Waals surface area contributed by atoms with Crippen molar-refractivity contribution < 1.29 is 32.2 Å². The van der Waals surface area contributed by atoms with Gasteiger partial charge in [0.25, 0.3) is 5.91 Å². The quantitative estimate of drug-likeness (QED) is 0.514. The van der Waals surface area contributed by atoms with Crippen LogP contribution in [0.4, 0.5) is 13.2 Å². The second kappa shape index (κ2) is 9.62. The van der Waals surface area contributed by atoms with E-state index in [-0.39, 0.29) is 24.0 Å². The standard InChI is InChI=1S/C25H27F3N4O4/c1-30-7-8-35-19(13-30)14-36-18-4-6-32-20(12-29-22(32)11-18)17-9-16-3-5-31(15-25(26,27)28)24(33)23(16)21(10-17)34-2/h4,6,9-12,19H,3,5,7-8,13-15H2,1-2H3/t19-/m1/s1. The van der Waals surface area contributed by atoms with Gasteiger partial charge in [0.05, 0.1) is 31.2 Å². The van der Waals surface area contributed by atoms with Gasteiger partial charge < -0.3 is 24.0 Å². The minimum absolute atomic E-state index is 0.00742. The second-order valence-corrected chi connectivity index (χ2v) is 9.10. The molecule has 5 rings (SSSR count). The molecule has 0 N–H and O–H groups in total. The van der Waals surface area contributed by atoms with E-state index in [1.165, 1.54) is 7.11 Å². The molecule has 0 unspecified atom stereocenters. The highest BCUT2D eigenvalue weighted by Crippen LogP contribution is 2.35. The summed E-state index contributed by atoms with van der Waals surface area (Å²) in [6.07, 6.45) is -0.593. The van der Waals surface area contributed by atoms with Gasteiger partial charge in [-0.25, -0.2) is 4.98 Å². The zero-order valence-electron chi connectivity index (χ0n) is 20.0. The summed E-state index contributed by atoms with van der Waals surface area (Å²) in [5.41, 5.74) is 3.02. The lowest BCUT2D eigenvalue weighted by Crippen LogP contribution is -2.43. The van der Waals surface area contributed by atoms with Gasteiger partial charge >= 0.3 is 6.18 Å². The number of rotatable bonds is 6. The Morgan fingerprint density at radius 3 is 2.81 bits per heavy atom. The summed E-state index contributed by atoms with van der Waals surface area (Å²) in [6, 6.07) is 7.17. The Balaban J connectivity index is 1.39. The molecule has 8 nitrogen and oxygen atoms in total. The summed E-state index contributed by atoms with van der Waals surface area (Å²) < 4.78 is 57.7. The highest BCUT2D eigenvalue weighted by atomic mass is 19.4. The summed E-state index contributed by atoms with van der Waals surface area (Å²) in [5.74, 6) is 0.242. The van der Waals surface area contributed by atoms with E-state index in [9.17, 15) is 18.0 Å². The van der Waals surface area contributed by atoms with E-state index >= 15 is 0 Å². The summed E-state index contributed by atoms with van der Waals surface area (Å²) in [4.78, 5) is 20.3. The zero-order chi connectivity index (χ0) is 25.4. The first-order valence-corrected chi connectivity index (χ1v) is 11.7. The number of morpholine rings is 1. The molecule has 11 heteroatoms. The Morgan fingerprint density at radius 2 is 2.06 bits per heavy atom. The molecule has 0 aliphatic carbocycles. The summed E-state index contributed by atoms with van der Waals surface area (Å²) >= 11 is 0. The van der Waals surface area contributed by atoms with Crippen LogP contribution >= 0.6 is 0 Å². The van der Waals surface area contributed by atoms with E-state index in [0.29, 0.717) is 36.6 Å². The van der Waals surface area contributed by atoms with Crippen LogP contribution in [0.5, 0.6) is 11.5 Å². The third kappa shape index (κ3) is 4.98. The number of alkyl halides is 3. The van der Waals surface area contributed by atoms with Gasteiger partial charge in [-0.05, 0) is 37.2 Å².